The molecule has 4 nitrogen and oxygen atoms in total. The predicted molar refractivity (Wildman–Crippen MR) is 79.1 cm³/mol. The third-order valence-corrected chi connectivity index (χ3v) is 5.49. The molecule has 0 N–H and O–H groups in total. The van der Waals surface area contributed by atoms with Crippen molar-refractivity contribution in [2.75, 3.05) is 6.54 Å². The van der Waals surface area contributed by atoms with E-state index >= 15 is 0 Å². The first kappa shape index (κ1) is 13.4. The Kier molecular flexibility index (Phi) is 3.48. The molecule has 1 saturated heterocycles. The molecule has 0 radical (unpaired) electrons. The number of hydrogen-bond donors (Lipinski definition) is 0. The normalized spacial score (nSPS) is 29.8. The Morgan fingerprint density at radius 2 is 1.86 bits per heavy atom. The molecule has 3 fully saturated rings. The smallest absolute Gasteiger partial charge is 0.292 e. The van der Waals surface area contributed by atoms with Crippen LogP contribution in [-0.4, -0.2) is 28.6 Å². The molecule has 1 amide bonds. The molecule has 2 aliphatic carbocycles. The Morgan fingerprint density at radius 1 is 1.10 bits per heavy atom. The monoisotopic (exact) mass is 288 g/mol. The summed E-state index contributed by atoms with van der Waals surface area (Å²) in [5.41, 5.74) is 0.980. The first-order chi connectivity index (χ1) is 10.3. The summed E-state index contributed by atoms with van der Waals surface area (Å²) >= 11 is 0. The van der Waals surface area contributed by atoms with E-state index in [9.17, 15) is 4.79 Å². The Morgan fingerprint density at radius 3 is 2.67 bits per heavy atom. The number of nitrogens with zero attached hydrogens (tertiary/aromatic N) is 2. The highest BCUT2D eigenvalue weighted by Crippen LogP contribution is 2.40. The largest absolute Gasteiger partial charge is 0.351 e. The van der Waals surface area contributed by atoms with E-state index in [1.807, 2.05) is 6.07 Å². The van der Waals surface area contributed by atoms with Crippen LogP contribution < -0.4 is 0 Å². The summed E-state index contributed by atoms with van der Waals surface area (Å²) < 4.78 is 5.36. The first-order valence-corrected chi connectivity index (χ1v) is 8.60. The number of rotatable bonds is 2. The molecule has 1 aromatic rings. The summed E-state index contributed by atoms with van der Waals surface area (Å²) in [6.45, 7) is 0.888. The van der Waals surface area contributed by atoms with Crippen LogP contribution >= 0.6 is 0 Å². The van der Waals surface area contributed by atoms with E-state index in [0.717, 1.165) is 18.7 Å². The third kappa shape index (κ3) is 2.60. The predicted octanol–water partition coefficient (Wildman–Crippen LogP) is 3.74. The van der Waals surface area contributed by atoms with Gasteiger partial charge in [0.25, 0.3) is 5.91 Å². The average Bonchev–Trinajstić information content (AvgIpc) is 3.28. The topological polar surface area (TPSA) is 46.3 Å². The number of carbonyl (C=O) groups excluding carboxylic acids is 1. The maximum Gasteiger partial charge on any atom is 0.292 e. The van der Waals surface area contributed by atoms with Gasteiger partial charge in [-0.05, 0) is 44.4 Å². The minimum atomic E-state index is 0.0770. The number of fused-ring (bicyclic) bond motifs is 1. The van der Waals surface area contributed by atoms with Gasteiger partial charge in [0.05, 0.1) is 5.69 Å². The Balaban J connectivity index is 1.55. The Labute approximate surface area is 125 Å². The van der Waals surface area contributed by atoms with Gasteiger partial charge in [0.1, 0.15) is 0 Å². The van der Waals surface area contributed by atoms with Gasteiger partial charge in [-0.1, -0.05) is 24.4 Å². The maximum absolute atomic E-state index is 12.9. The third-order valence-electron chi connectivity index (χ3n) is 5.49. The highest BCUT2D eigenvalue weighted by molar-refractivity contribution is 5.91. The molecule has 0 spiro atoms. The molecule has 114 valence electrons. The molecule has 2 saturated carbocycles. The molecular formula is C17H24N2O2. The number of amides is 1. The van der Waals surface area contributed by atoms with Crippen molar-refractivity contribution >= 4 is 5.91 Å². The van der Waals surface area contributed by atoms with Gasteiger partial charge in [-0.3, -0.25) is 4.79 Å². The van der Waals surface area contributed by atoms with E-state index in [1.54, 1.807) is 0 Å². The zero-order valence-electron chi connectivity index (χ0n) is 12.6. The lowest BCUT2D eigenvalue weighted by Crippen LogP contribution is -2.45. The summed E-state index contributed by atoms with van der Waals surface area (Å²) in [5.74, 6) is 1.79. The quantitative estimate of drug-likeness (QED) is 0.833. The molecule has 0 bridgehead atoms. The standard InChI is InChI=1S/C17H24N2O2/c20-17(16-11-14(18-21-16)12-8-9-12)19-10-4-3-6-13-5-1-2-7-15(13)19/h11-13,15H,1-10H2/t13-,15-/m1/s1. The van der Waals surface area contributed by atoms with Gasteiger partial charge in [0.2, 0.25) is 5.76 Å². The fourth-order valence-electron chi connectivity index (χ4n) is 4.14. The first-order valence-electron chi connectivity index (χ1n) is 8.60. The highest BCUT2D eigenvalue weighted by Gasteiger charge is 2.36. The fraction of sp³-hybridized carbons (Fsp3) is 0.765. The summed E-state index contributed by atoms with van der Waals surface area (Å²) in [4.78, 5) is 15.0. The second-order valence-electron chi connectivity index (χ2n) is 7.00. The molecule has 3 aliphatic rings. The van der Waals surface area contributed by atoms with E-state index in [1.165, 1.54) is 51.4 Å². The van der Waals surface area contributed by atoms with Crippen LogP contribution in [0.3, 0.4) is 0 Å². The van der Waals surface area contributed by atoms with E-state index in [-0.39, 0.29) is 5.91 Å². The average molecular weight is 288 g/mol. The van der Waals surface area contributed by atoms with Crippen LogP contribution in [0.2, 0.25) is 0 Å². The van der Waals surface area contributed by atoms with Gasteiger partial charge in [0.15, 0.2) is 0 Å². The molecule has 0 unspecified atom stereocenters. The van der Waals surface area contributed by atoms with Crippen molar-refractivity contribution in [1.29, 1.82) is 0 Å². The molecule has 4 heteroatoms. The van der Waals surface area contributed by atoms with Crippen molar-refractivity contribution in [2.24, 2.45) is 5.92 Å². The second kappa shape index (κ2) is 5.47. The van der Waals surface area contributed by atoms with E-state index in [0.29, 0.717) is 23.6 Å². The van der Waals surface area contributed by atoms with Crippen LogP contribution in [0.5, 0.6) is 0 Å². The Bertz CT molecular complexity index is 521. The number of carbonyl (C=O) groups is 1. The summed E-state index contributed by atoms with van der Waals surface area (Å²) in [6.07, 6.45) is 11.1. The lowest BCUT2D eigenvalue weighted by atomic mass is 9.81. The van der Waals surface area contributed by atoms with Crippen LogP contribution in [0, 0.1) is 5.92 Å². The summed E-state index contributed by atoms with van der Waals surface area (Å²) in [6, 6.07) is 2.33. The van der Waals surface area contributed by atoms with E-state index < -0.39 is 0 Å². The summed E-state index contributed by atoms with van der Waals surface area (Å²) in [7, 11) is 0. The number of hydrogen-bond acceptors (Lipinski definition) is 3. The molecule has 0 aromatic carbocycles. The molecule has 1 aliphatic heterocycles. The molecule has 2 atom stereocenters. The zero-order chi connectivity index (χ0) is 14.2. The van der Waals surface area contributed by atoms with Gasteiger partial charge in [-0.25, -0.2) is 0 Å². The van der Waals surface area contributed by atoms with Gasteiger partial charge in [-0.2, -0.15) is 0 Å². The summed E-state index contributed by atoms with van der Waals surface area (Å²) in [5, 5.41) is 4.10. The molecular weight excluding hydrogens is 264 g/mol. The fourth-order valence-corrected chi connectivity index (χ4v) is 4.14. The molecule has 2 heterocycles. The molecule has 1 aromatic heterocycles. The highest BCUT2D eigenvalue weighted by atomic mass is 16.5. The molecule has 21 heavy (non-hydrogen) atoms. The second-order valence-corrected chi connectivity index (χ2v) is 7.00. The van der Waals surface area contributed by atoms with Crippen LogP contribution in [0.1, 0.15) is 80.0 Å². The van der Waals surface area contributed by atoms with Crippen molar-refractivity contribution in [2.45, 2.75) is 69.7 Å². The van der Waals surface area contributed by atoms with E-state index in [2.05, 4.69) is 10.1 Å². The van der Waals surface area contributed by atoms with Crippen molar-refractivity contribution in [3.63, 3.8) is 0 Å². The van der Waals surface area contributed by atoms with Crippen molar-refractivity contribution < 1.29 is 9.32 Å². The maximum atomic E-state index is 12.9. The minimum absolute atomic E-state index is 0.0770. The number of aromatic nitrogens is 1. The Hall–Kier alpha value is -1.32. The lowest BCUT2D eigenvalue weighted by molar-refractivity contribution is 0.0528. The van der Waals surface area contributed by atoms with Crippen molar-refractivity contribution in [3.8, 4) is 0 Å². The van der Waals surface area contributed by atoms with Gasteiger partial charge >= 0.3 is 0 Å². The van der Waals surface area contributed by atoms with Gasteiger partial charge in [0, 0.05) is 24.6 Å². The van der Waals surface area contributed by atoms with E-state index in [4.69, 9.17) is 4.52 Å². The van der Waals surface area contributed by atoms with Crippen molar-refractivity contribution in [1.82, 2.24) is 10.1 Å². The van der Waals surface area contributed by atoms with Crippen LogP contribution in [-0.2, 0) is 0 Å². The molecule has 4 rings (SSSR count). The minimum Gasteiger partial charge on any atom is -0.351 e. The zero-order valence-corrected chi connectivity index (χ0v) is 12.6. The van der Waals surface area contributed by atoms with Gasteiger partial charge in [-0.15, -0.1) is 0 Å². The lowest BCUT2D eigenvalue weighted by Gasteiger charge is -2.37. The SMILES string of the molecule is O=C(c1cc(C2CC2)no1)N1CCCC[C@H]2CCCC[C@H]21. The van der Waals surface area contributed by atoms with Crippen LogP contribution in [0.4, 0.5) is 0 Å². The van der Waals surface area contributed by atoms with Crippen LogP contribution in [0.25, 0.3) is 0 Å². The van der Waals surface area contributed by atoms with Crippen molar-refractivity contribution in [3.05, 3.63) is 17.5 Å². The number of likely N-dealkylation sites (tertiary alicyclic amines) is 1. The van der Waals surface area contributed by atoms with Gasteiger partial charge < -0.3 is 9.42 Å². The van der Waals surface area contributed by atoms with Crippen LogP contribution in [0.15, 0.2) is 10.6 Å².